The van der Waals surface area contributed by atoms with Crippen molar-refractivity contribution in [2.24, 2.45) is 5.73 Å². The van der Waals surface area contributed by atoms with E-state index in [1.54, 1.807) is 4.90 Å². The number of nitrogens with two attached hydrogens (primary N) is 1. The lowest BCUT2D eigenvalue weighted by Gasteiger charge is -2.39. The van der Waals surface area contributed by atoms with Crippen molar-refractivity contribution in [1.82, 2.24) is 19.4 Å². The fraction of sp³-hybridized carbons (Fsp3) is 0.500. The highest BCUT2D eigenvalue weighted by molar-refractivity contribution is 14.2. The van der Waals surface area contributed by atoms with Gasteiger partial charge in [0.1, 0.15) is 5.60 Å². The number of nitrogens with zero attached hydrogens (tertiary/aromatic N) is 4. The number of rotatable bonds is 2. The topological polar surface area (TPSA) is 103 Å². The van der Waals surface area contributed by atoms with Crippen molar-refractivity contribution in [2.75, 3.05) is 13.1 Å². The number of halogens is 1. The van der Waals surface area contributed by atoms with Gasteiger partial charge in [-0.1, -0.05) is 0 Å². The van der Waals surface area contributed by atoms with Crippen LogP contribution >= 0.6 is 28.4 Å². The van der Waals surface area contributed by atoms with Crippen molar-refractivity contribution in [1.29, 1.82) is 0 Å². The molecule has 10 heteroatoms. The average Bonchev–Trinajstić information content (AvgIpc) is 2.82. The minimum absolute atomic E-state index is 0.248. The monoisotopic (exact) mass is 491 g/mol. The molecule has 2 amide bonds. The highest BCUT2D eigenvalue weighted by atomic mass is 127. The van der Waals surface area contributed by atoms with E-state index >= 15 is 0 Å². The summed E-state index contributed by atoms with van der Waals surface area (Å²) in [5, 5.41) is 5.83. The van der Waals surface area contributed by atoms with Crippen LogP contribution in [0, 0.1) is 6.92 Å². The lowest BCUT2D eigenvalue weighted by molar-refractivity contribution is -0.106. The maximum atomic E-state index is 12.1. The summed E-state index contributed by atoms with van der Waals surface area (Å²) in [6.45, 7) is 8.94. The molecule has 0 saturated carbocycles. The molecule has 1 saturated heterocycles. The Hall–Kier alpha value is -1.48. The van der Waals surface area contributed by atoms with Gasteiger partial charge in [-0.2, -0.15) is 5.10 Å². The molecule has 3 heterocycles. The third-order valence-electron chi connectivity index (χ3n) is 3.73. The van der Waals surface area contributed by atoms with Crippen LogP contribution < -0.4 is 5.73 Å². The molecule has 0 aliphatic carbocycles. The van der Waals surface area contributed by atoms with Gasteiger partial charge in [0.2, 0.25) is 6.41 Å². The Labute approximate surface area is 167 Å². The van der Waals surface area contributed by atoms with E-state index in [0.29, 0.717) is 19.5 Å². The first-order valence-corrected chi connectivity index (χ1v) is 12.1. The molecular weight excluding hydrogens is 468 g/mol. The van der Waals surface area contributed by atoms with Crippen LogP contribution in [0.4, 0.5) is 4.79 Å². The Bertz CT molecular complexity index is 799. The molecule has 1 aliphatic rings. The molecule has 1 unspecified atom stereocenters. The fourth-order valence-corrected chi connectivity index (χ4v) is 4.15. The van der Waals surface area contributed by atoms with Crippen LogP contribution in [0.1, 0.15) is 38.1 Å². The first-order chi connectivity index (χ1) is 12.2. The molecule has 1 atom stereocenters. The number of aromatic nitrogens is 3. The van der Waals surface area contributed by atoms with Crippen LogP contribution in [-0.2, 0) is 9.53 Å². The Kier molecular flexibility index (Phi) is 6.79. The molecule has 1 aliphatic heterocycles. The average molecular weight is 491 g/mol. The van der Waals surface area contributed by atoms with Gasteiger partial charge in [-0.3, -0.25) is 9.78 Å². The zero-order valence-electron chi connectivity index (χ0n) is 15.2. The van der Waals surface area contributed by atoms with E-state index in [2.05, 4.69) is 38.8 Å². The first kappa shape index (κ1) is 20.8. The Balaban J connectivity index is 0.000000758. The highest BCUT2D eigenvalue weighted by Gasteiger charge is 2.37. The summed E-state index contributed by atoms with van der Waals surface area (Å²) < 4.78 is 7.43. The number of likely N-dealkylation sites (tertiary alicyclic amines) is 1. The minimum atomic E-state index is -0.458. The molecule has 0 aromatic carbocycles. The van der Waals surface area contributed by atoms with Crippen LogP contribution in [0.15, 0.2) is 12.3 Å². The maximum Gasteiger partial charge on any atom is 0.410 e. The van der Waals surface area contributed by atoms with Gasteiger partial charge >= 0.3 is 6.09 Å². The molecule has 0 bridgehead atoms. The van der Waals surface area contributed by atoms with Crippen LogP contribution in [0.3, 0.4) is 0 Å². The van der Waals surface area contributed by atoms with Crippen LogP contribution in [-0.4, -0.2) is 50.6 Å². The van der Waals surface area contributed by atoms with Crippen molar-refractivity contribution in [2.45, 2.75) is 39.2 Å². The second-order valence-electron chi connectivity index (χ2n) is 6.94. The maximum absolute atomic E-state index is 12.1. The molecule has 26 heavy (non-hydrogen) atoms. The first-order valence-electron chi connectivity index (χ1n) is 8.05. The largest absolute Gasteiger partial charge is 0.444 e. The summed E-state index contributed by atoms with van der Waals surface area (Å²) in [4.78, 5) is 26.8. The molecule has 0 spiro atoms. The molecule has 2 N–H and O–H groups in total. The van der Waals surface area contributed by atoms with Gasteiger partial charge in [-0.25, -0.2) is 9.25 Å². The molecule has 2 aromatic heterocycles. The number of ether oxygens (including phenoxy) is 1. The van der Waals surface area contributed by atoms with E-state index in [1.807, 2.05) is 38.3 Å². The Morgan fingerprint density at radius 1 is 1.46 bits per heavy atom. The van der Waals surface area contributed by atoms with Crippen LogP contribution in [0.2, 0.25) is 0 Å². The lowest BCUT2D eigenvalue weighted by Crippen LogP contribution is -2.50. The molecule has 1 fully saturated rings. The quantitative estimate of drug-likeness (QED) is 0.396. The van der Waals surface area contributed by atoms with Gasteiger partial charge in [0, 0.05) is 36.3 Å². The number of primary amides is 1. The van der Waals surface area contributed by atoms with Crippen molar-refractivity contribution in [3.8, 4) is 0 Å². The summed E-state index contributed by atoms with van der Waals surface area (Å²) in [5.41, 5.74) is 6.86. The van der Waals surface area contributed by atoms with Gasteiger partial charge < -0.3 is 15.4 Å². The number of aryl methyl sites for hydroxylation is 1. The van der Waals surface area contributed by atoms with Gasteiger partial charge in [-0.05, 0) is 55.8 Å². The minimum Gasteiger partial charge on any atom is -0.444 e. The fourth-order valence-electron chi connectivity index (χ4n) is 2.63. The summed E-state index contributed by atoms with van der Waals surface area (Å²) >= 11 is 2.33. The zero-order chi connectivity index (χ0) is 19.5. The number of carbonyl (C=O) groups is 2. The van der Waals surface area contributed by atoms with E-state index in [4.69, 9.17) is 14.6 Å². The molecule has 3 rings (SSSR count). The van der Waals surface area contributed by atoms with Crippen molar-refractivity contribution >= 4 is 51.8 Å². The number of hydrogen-bond donors (Lipinski definition) is 1. The number of fused-ring (bicyclic) bond motifs is 1. The van der Waals surface area contributed by atoms with Gasteiger partial charge in [0.05, 0.1) is 17.6 Å². The predicted molar refractivity (Wildman–Crippen MR) is 111 cm³/mol. The van der Waals surface area contributed by atoms with Crippen molar-refractivity contribution < 1.29 is 14.3 Å². The number of carbonyl (C=O) groups excluding carboxylic acids is 2. The Morgan fingerprint density at radius 2 is 2.08 bits per heavy atom. The third kappa shape index (κ3) is 4.82. The molecule has 0 radical (unpaired) electrons. The van der Waals surface area contributed by atoms with E-state index in [1.165, 1.54) is 0 Å². The summed E-state index contributed by atoms with van der Waals surface area (Å²) in [6.07, 6.45) is 2.44. The molecule has 2 aromatic rings. The zero-order valence-corrected chi connectivity index (χ0v) is 18.4. The summed E-state index contributed by atoms with van der Waals surface area (Å²) in [6, 6.07) is 2.07. The molecule has 8 nitrogen and oxygen atoms in total. The van der Waals surface area contributed by atoms with E-state index in [0.717, 1.165) is 22.3 Å². The van der Waals surface area contributed by atoms with E-state index in [9.17, 15) is 4.79 Å². The van der Waals surface area contributed by atoms with Gasteiger partial charge in [0.15, 0.2) is 0 Å². The predicted octanol–water partition coefficient (Wildman–Crippen LogP) is 2.97. The normalized spacial score (nSPS) is 14.9. The summed E-state index contributed by atoms with van der Waals surface area (Å²) in [5.74, 6) is 0.253. The third-order valence-corrected chi connectivity index (χ3v) is 5.60. The van der Waals surface area contributed by atoms with E-state index in [-0.39, 0.29) is 18.4 Å². The number of amides is 2. The SMILES string of the molecule is Cc1cc2c(cn1)c(C1CN(C(=O)OC(C)(C)C)C1)nn2PI.NC=O. The lowest BCUT2D eigenvalue weighted by atomic mass is 9.95. The number of pyridine rings is 1. The highest BCUT2D eigenvalue weighted by Crippen LogP contribution is 2.36. The second kappa shape index (κ2) is 8.47. The molecule has 142 valence electrons. The van der Waals surface area contributed by atoms with E-state index < -0.39 is 5.60 Å². The Morgan fingerprint density at radius 3 is 2.62 bits per heavy atom. The molecular formula is C16H23IN5O3P. The standard InChI is InChI=1S/C15H20IN4O2P.CH3NO/c1-9-5-12-11(6-17-9)13(18-20(12)23-16)10-7-19(8-10)14(21)22-15(2,3)4;2-1-3/h5-6,10,23H,7-8H2,1-4H3;1H,(H2,2,3). The van der Waals surface area contributed by atoms with Crippen LogP contribution in [0.25, 0.3) is 10.9 Å². The smallest absolute Gasteiger partial charge is 0.410 e. The second-order valence-corrected chi connectivity index (χ2v) is 8.98. The van der Waals surface area contributed by atoms with Crippen LogP contribution in [0.5, 0.6) is 0 Å². The summed E-state index contributed by atoms with van der Waals surface area (Å²) in [7, 11) is 0. The van der Waals surface area contributed by atoms with Gasteiger partial charge in [0.25, 0.3) is 0 Å². The van der Waals surface area contributed by atoms with Crippen molar-refractivity contribution in [3.05, 3.63) is 23.7 Å². The number of hydrogen-bond acceptors (Lipinski definition) is 5. The van der Waals surface area contributed by atoms with Gasteiger partial charge in [-0.15, -0.1) is 0 Å². The van der Waals surface area contributed by atoms with Crippen molar-refractivity contribution in [3.63, 3.8) is 0 Å².